The molecule has 1 aromatic heterocycles. The van der Waals surface area contributed by atoms with Crippen LogP contribution in [0.5, 0.6) is 0 Å². The Morgan fingerprint density at radius 3 is 2.88 bits per heavy atom. The van der Waals surface area contributed by atoms with Crippen LogP contribution in [0.2, 0.25) is 0 Å². The predicted octanol–water partition coefficient (Wildman–Crippen LogP) is 3.12. The third-order valence-corrected chi connectivity index (χ3v) is 3.61. The second-order valence-electron chi connectivity index (χ2n) is 3.96. The summed E-state index contributed by atoms with van der Waals surface area (Å²) in [6, 6.07) is 12.8. The average Bonchev–Trinajstić information content (AvgIpc) is 2.88. The molecule has 0 saturated carbocycles. The third kappa shape index (κ3) is 3.88. The lowest BCUT2D eigenvalue weighted by Gasteiger charge is -2.06. The smallest absolute Gasteiger partial charge is 0.0340 e. The minimum atomic E-state index is 0.931. The summed E-state index contributed by atoms with van der Waals surface area (Å²) in [4.78, 5) is 1.45. The number of hydrogen-bond acceptors (Lipinski definition) is 3. The van der Waals surface area contributed by atoms with Crippen LogP contribution in [0.3, 0.4) is 0 Å². The molecule has 2 N–H and O–H groups in total. The SMILES string of the molecule is CNc1cccc(CNCCc2cccs2)c1. The van der Waals surface area contributed by atoms with E-state index in [1.54, 1.807) is 0 Å². The van der Waals surface area contributed by atoms with Gasteiger partial charge in [0.25, 0.3) is 0 Å². The summed E-state index contributed by atoms with van der Waals surface area (Å²) in [6.45, 7) is 1.96. The molecule has 0 aliphatic heterocycles. The summed E-state index contributed by atoms with van der Waals surface area (Å²) in [6.07, 6.45) is 1.11. The highest BCUT2D eigenvalue weighted by molar-refractivity contribution is 7.09. The Balaban J connectivity index is 1.74. The van der Waals surface area contributed by atoms with E-state index >= 15 is 0 Å². The molecule has 0 amide bonds. The van der Waals surface area contributed by atoms with Gasteiger partial charge in [-0.3, -0.25) is 0 Å². The molecule has 2 rings (SSSR count). The molecule has 2 nitrogen and oxygen atoms in total. The van der Waals surface area contributed by atoms with Gasteiger partial charge in [-0.25, -0.2) is 0 Å². The van der Waals surface area contributed by atoms with Crippen LogP contribution in [0.4, 0.5) is 5.69 Å². The van der Waals surface area contributed by atoms with Gasteiger partial charge >= 0.3 is 0 Å². The molecular weight excluding hydrogens is 228 g/mol. The van der Waals surface area contributed by atoms with Crippen LogP contribution in [0.15, 0.2) is 41.8 Å². The van der Waals surface area contributed by atoms with E-state index in [-0.39, 0.29) is 0 Å². The summed E-state index contributed by atoms with van der Waals surface area (Å²) < 4.78 is 0. The molecular formula is C14H18N2S. The Morgan fingerprint density at radius 2 is 2.12 bits per heavy atom. The van der Waals surface area contributed by atoms with Crippen LogP contribution in [0, 0.1) is 0 Å². The van der Waals surface area contributed by atoms with E-state index in [1.807, 2.05) is 18.4 Å². The van der Waals surface area contributed by atoms with Gasteiger partial charge in [-0.1, -0.05) is 18.2 Å². The Hall–Kier alpha value is -1.32. The normalized spacial score (nSPS) is 10.4. The average molecular weight is 246 g/mol. The maximum atomic E-state index is 3.47. The van der Waals surface area contributed by atoms with E-state index in [0.717, 1.165) is 19.5 Å². The molecule has 0 saturated heterocycles. The van der Waals surface area contributed by atoms with Crippen molar-refractivity contribution >= 4 is 17.0 Å². The zero-order chi connectivity index (χ0) is 11.9. The van der Waals surface area contributed by atoms with Gasteiger partial charge in [0.1, 0.15) is 0 Å². The molecule has 0 fully saturated rings. The first-order chi connectivity index (χ1) is 8.38. The fourth-order valence-corrected chi connectivity index (χ4v) is 2.44. The number of hydrogen-bond donors (Lipinski definition) is 2. The van der Waals surface area contributed by atoms with Crippen molar-refractivity contribution in [3.63, 3.8) is 0 Å². The van der Waals surface area contributed by atoms with Gasteiger partial charge in [-0.05, 0) is 35.6 Å². The molecule has 0 spiro atoms. The van der Waals surface area contributed by atoms with E-state index in [2.05, 4.69) is 52.4 Å². The monoisotopic (exact) mass is 246 g/mol. The van der Waals surface area contributed by atoms with Gasteiger partial charge in [-0.2, -0.15) is 0 Å². The second kappa shape index (κ2) is 6.42. The number of nitrogens with one attached hydrogen (secondary N) is 2. The van der Waals surface area contributed by atoms with Crippen LogP contribution in [0.25, 0.3) is 0 Å². The molecule has 0 unspecified atom stereocenters. The molecule has 3 heteroatoms. The minimum absolute atomic E-state index is 0.931. The van der Waals surface area contributed by atoms with E-state index in [1.165, 1.54) is 16.1 Å². The van der Waals surface area contributed by atoms with E-state index in [9.17, 15) is 0 Å². The standard InChI is InChI=1S/C14H18N2S/c1-15-13-5-2-4-12(10-13)11-16-8-7-14-6-3-9-17-14/h2-6,9-10,15-16H,7-8,11H2,1H3. The van der Waals surface area contributed by atoms with Crippen molar-refractivity contribution in [2.45, 2.75) is 13.0 Å². The highest BCUT2D eigenvalue weighted by Gasteiger charge is 1.96. The van der Waals surface area contributed by atoms with Gasteiger partial charge in [0.05, 0.1) is 0 Å². The summed E-state index contributed by atoms with van der Waals surface area (Å²) in [5.74, 6) is 0. The fourth-order valence-electron chi connectivity index (χ4n) is 1.74. The maximum absolute atomic E-state index is 3.47. The minimum Gasteiger partial charge on any atom is -0.388 e. The fraction of sp³-hybridized carbons (Fsp3) is 0.286. The highest BCUT2D eigenvalue weighted by Crippen LogP contribution is 2.10. The number of rotatable bonds is 6. The second-order valence-corrected chi connectivity index (χ2v) is 4.99. The van der Waals surface area contributed by atoms with Crippen molar-refractivity contribution in [1.29, 1.82) is 0 Å². The molecule has 0 bridgehead atoms. The van der Waals surface area contributed by atoms with Gasteiger partial charge in [0.15, 0.2) is 0 Å². The van der Waals surface area contributed by atoms with E-state index in [4.69, 9.17) is 0 Å². The van der Waals surface area contributed by atoms with E-state index in [0.29, 0.717) is 0 Å². The molecule has 0 atom stereocenters. The van der Waals surface area contributed by atoms with Crippen molar-refractivity contribution < 1.29 is 0 Å². The van der Waals surface area contributed by atoms with Crippen molar-refractivity contribution in [3.05, 3.63) is 52.2 Å². The van der Waals surface area contributed by atoms with Gasteiger partial charge in [0, 0.05) is 30.7 Å². The molecule has 0 aliphatic rings. The first kappa shape index (κ1) is 12.1. The summed E-state index contributed by atoms with van der Waals surface area (Å²) in [5.41, 5.74) is 2.49. The Morgan fingerprint density at radius 1 is 1.18 bits per heavy atom. The van der Waals surface area contributed by atoms with Gasteiger partial charge in [-0.15, -0.1) is 11.3 Å². The molecule has 90 valence electrons. The van der Waals surface area contributed by atoms with Crippen LogP contribution < -0.4 is 10.6 Å². The lowest BCUT2D eigenvalue weighted by Crippen LogP contribution is -2.16. The van der Waals surface area contributed by atoms with Crippen molar-refractivity contribution in [2.24, 2.45) is 0 Å². The largest absolute Gasteiger partial charge is 0.388 e. The van der Waals surface area contributed by atoms with Crippen molar-refractivity contribution in [2.75, 3.05) is 18.9 Å². The number of thiophene rings is 1. The van der Waals surface area contributed by atoms with E-state index < -0.39 is 0 Å². The van der Waals surface area contributed by atoms with Crippen molar-refractivity contribution in [1.82, 2.24) is 5.32 Å². The van der Waals surface area contributed by atoms with Crippen LogP contribution in [-0.2, 0) is 13.0 Å². The van der Waals surface area contributed by atoms with Gasteiger partial charge < -0.3 is 10.6 Å². The topological polar surface area (TPSA) is 24.1 Å². The summed E-state index contributed by atoms with van der Waals surface area (Å²) in [5, 5.41) is 8.75. The van der Waals surface area contributed by atoms with Crippen molar-refractivity contribution in [3.8, 4) is 0 Å². The van der Waals surface area contributed by atoms with Crippen LogP contribution in [-0.4, -0.2) is 13.6 Å². The maximum Gasteiger partial charge on any atom is 0.0340 e. The molecule has 17 heavy (non-hydrogen) atoms. The third-order valence-electron chi connectivity index (χ3n) is 2.67. The zero-order valence-corrected chi connectivity index (χ0v) is 10.9. The first-order valence-corrected chi connectivity index (χ1v) is 6.76. The lowest BCUT2D eigenvalue weighted by atomic mass is 10.2. The molecule has 2 aromatic rings. The Bertz CT molecular complexity index is 437. The van der Waals surface area contributed by atoms with Gasteiger partial charge in [0.2, 0.25) is 0 Å². The Kier molecular flexibility index (Phi) is 4.59. The quantitative estimate of drug-likeness (QED) is 0.765. The number of benzene rings is 1. The lowest BCUT2D eigenvalue weighted by molar-refractivity contribution is 0.691. The first-order valence-electron chi connectivity index (χ1n) is 5.88. The Labute approximate surface area is 107 Å². The predicted molar refractivity (Wildman–Crippen MR) is 75.7 cm³/mol. The summed E-state index contributed by atoms with van der Waals surface area (Å²) >= 11 is 1.83. The van der Waals surface area contributed by atoms with Crippen LogP contribution >= 0.6 is 11.3 Å². The summed E-state index contributed by atoms with van der Waals surface area (Å²) in [7, 11) is 1.95. The molecule has 1 heterocycles. The molecule has 0 radical (unpaired) electrons. The zero-order valence-electron chi connectivity index (χ0n) is 10.1. The number of anilines is 1. The highest BCUT2D eigenvalue weighted by atomic mass is 32.1. The molecule has 1 aromatic carbocycles. The molecule has 0 aliphatic carbocycles. The van der Waals surface area contributed by atoms with Crippen LogP contribution in [0.1, 0.15) is 10.4 Å².